The fraction of sp³-hybridized carbons (Fsp3) is 0.353. The van der Waals surface area contributed by atoms with Gasteiger partial charge in [-0.15, -0.1) is 0 Å². The highest BCUT2D eigenvalue weighted by Crippen LogP contribution is 2.21. The van der Waals surface area contributed by atoms with Gasteiger partial charge in [0, 0.05) is 43.7 Å². The number of sulfonamides is 1. The van der Waals surface area contributed by atoms with E-state index < -0.39 is 10.0 Å². The Morgan fingerprint density at radius 2 is 1.92 bits per heavy atom. The van der Waals surface area contributed by atoms with Crippen molar-refractivity contribution >= 4 is 31.9 Å². The molecule has 0 saturated carbocycles. The molecule has 1 amide bonds. The van der Waals surface area contributed by atoms with Crippen molar-refractivity contribution in [3.8, 4) is 0 Å². The van der Waals surface area contributed by atoms with Gasteiger partial charge in [-0.3, -0.25) is 9.69 Å². The topological polar surface area (TPSA) is 82.9 Å². The summed E-state index contributed by atoms with van der Waals surface area (Å²) in [4.78, 5) is 14.2. The van der Waals surface area contributed by atoms with Crippen LogP contribution in [0.5, 0.6) is 0 Å². The van der Waals surface area contributed by atoms with Crippen molar-refractivity contribution in [1.82, 2.24) is 14.5 Å². The van der Waals surface area contributed by atoms with E-state index in [1.165, 1.54) is 10.6 Å². The molecular weight excluding hydrogens is 422 g/mol. The van der Waals surface area contributed by atoms with Crippen LogP contribution in [0.1, 0.15) is 10.6 Å². The molecule has 1 fully saturated rings. The molecule has 140 valence electrons. The minimum Gasteiger partial charge on any atom is -0.459 e. The highest BCUT2D eigenvalue weighted by Gasteiger charge is 2.28. The molecule has 9 heteroatoms. The zero-order valence-corrected chi connectivity index (χ0v) is 16.5. The Bertz CT molecular complexity index is 847. The summed E-state index contributed by atoms with van der Waals surface area (Å²) in [5.74, 6) is 0.0424. The number of halogens is 1. The van der Waals surface area contributed by atoms with Gasteiger partial charge < -0.3 is 9.73 Å². The lowest BCUT2D eigenvalue weighted by molar-refractivity contribution is 0.0917. The van der Waals surface area contributed by atoms with Crippen LogP contribution in [0.25, 0.3) is 0 Å². The summed E-state index contributed by atoms with van der Waals surface area (Å²) in [5, 5.41) is 2.79. The molecular formula is C17H20BrN3O4S. The lowest BCUT2D eigenvalue weighted by Gasteiger charge is -2.33. The maximum absolute atomic E-state index is 12.7. The van der Waals surface area contributed by atoms with Crippen LogP contribution in [0, 0.1) is 0 Å². The Morgan fingerprint density at radius 3 is 2.58 bits per heavy atom. The molecule has 3 rings (SSSR count). The first-order valence-electron chi connectivity index (χ1n) is 8.26. The fourth-order valence-electron chi connectivity index (χ4n) is 2.79. The summed E-state index contributed by atoms with van der Waals surface area (Å²) in [6.45, 7) is 3.27. The third-order valence-electron chi connectivity index (χ3n) is 4.22. The minimum atomic E-state index is -3.48. The summed E-state index contributed by atoms with van der Waals surface area (Å²) in [6, 6.07) is 10.0. The van der Waals surface area contributed by atoms with E-state index in [1.807, 2.05) is 0 Å². The van der Waals surface area contributed by atoms with Gasteiger partial charge in [-0.1, -0.05) is 22.0 Å². The van der Waals surface area contributed by atoms with Gasteiger partial charge >= 0.3 is 0 Å². The lowest BCUT2D eigenvalue weighted by atomic mass is 10.3. The molecule has 0 bridgehead atoms. The Balaban J connectivity index is 1.47. The number of carbonyl (C=O) groups is 1. The van der Waals surface area contributed by atoms with Crippen LogP contribution in [-0.4, -0.2) is 62.8 Å². The number of nitrogens with one attached hydrogen (secondary N) is 1. The van der Waals surface area contributed by atoms with Crippen LogP contribution < -0.4 is 5.32 Å². The third kappa shape index (κ3) is 4.53. The molecule has 0 unspecified atom stereocenters. The van der Waals surface area contributed by atoms with Crippen molar-refractivity contribution in [3.05, 3.63) is 52.9 Å². The average molecular weight is 442 g/mol. The SMILES string of the molecule is O=C(NCCN1CCN(S(=O)(=O)c2cccc(Br)c2)CC1)c1ccco1. The predicted molar refractivity (Wildman–Crippen MR) is 100 cm³/mol. The van der Waals surface area contributed by atoms with E-state index in [0.29, 0.717) is 44.2 Å². The molecule has 2 aromatic rings. The van der Waals surface area contributed by atoms with E-state index in [-0.39, 0.29) is 11.7 Å². The monoisotopic (exact) mass is 441 g/mol. The molecule has 1 aliphatic rings. The second kappa shape index (κ2) is 8.34. The van der Waals surface area contributed by atoms with E-state index in [0.717, 1.165) is 4.47 Å². The Labute approximate surface area is 161 Å². The zero-order valence-electron chi connectivity index (χ0n) is 14.1. The van der Waals surface area contributed by atoms with Crippen molar-refractivity contribution in [1.29, 1.82) is 0 Å². The summed E-state index contributed by atoms with van der Waals surface area (Å²) in [6.07, 6.45) is 1.46. The number of rotatable bonds is 6. The Hall–Kier alpha value is -1.68. The van der Waals surface area contributed by atoms with Crippen molar-refractivity contribution < 1.29 is 17.6 Å². The van der Waals surface area contributed by atoms with E-state index in [4.69, 9.17) is 4.42 Å². The van der Waals surface area contributed by atoms with Crippen molar-refractivity contribution in [3.63, 3.8) is 0 Å². The third-order valence-corrected chi connectivity index (χ3v) is 6.61. The van der Waals surface area contributed by atoms with Gasteiger partial charge in [0.15, 0.2) is 5.76 Å². The van der Waals surface area contributed by atoms with Crippen LogP contribution in [0.3, 0.4) is 0 Å². The number of amides is 1. The molecule has 0 atom stereocenters. The molecule has 1 aromatic heterocycles. The summed E-state index contributed by atoms with van der Waals surface area (Å²) in [7, 11) is -3.48. The molecule has 1 aliphatic heterocycles. The lowest BCUT2D eigenvalue weighted by Crippen LogP contribution is -2.50. The number of carbonyl (C=O) groups excluding carboxylic acids is 1. The van der Waals surface area contributed by atoms with E-state index in [2.05, 4.69) is 26.1 Å². The van der Waals surface area contributed by atoms with Gasteiger partial charge in [0.25, 0.3) is 5.91 Å². The number of hydrogen-bond donors (Lipinski definition) is 1. The molecule has 7 nitrogen and oxygen atoms in total. The summed E-state index contributed by atoms with van der Waals surface area (Å²) < 4.78 is 32.7. The molecule has 1 N–H and O–H groups in total. The molecule has 1 saturated heterocycles. The van der Waals surface area contributed by atoms with Crippen LogP contribution in [-0.2, 0) is 10.0 Å². The van der Waals surface area contributed by atoms with E-state index >= 15 is 0 Å². The summed E-state index contributed by atoms with van der Waals surface area (Å²) in [5.41, 5.74) is 0. The Morgan fingerprint density at radius 1 is 1.15 bits per heavy atom. The average Bonchev–Trinajstić information content (AvgIpc) is 3.17. The predicted octanol–water partition coefficient (Wildman–Crippen LogP) is 1.78. The highest BCUT2D eigenvalue weighted by molar-refractivity contribution is 9.10. The number of piperazine rings is 1. The van der Waals surface area contributed by atoms with E-state index in [1.54, 1.807) is 36.4 Å². The molecule has 1 aromatic carbocycles. The summed E-state index contributed by atoms with van der Waals surface area (Å²) >= 11 is 3.31. The quantitative estimate of drug-likeness (QED) is 0.738. The zero-order chi connectivity index (χ0) is 18.6. The standard InChI is InChI=1S/C17H20BrN3O4S/c18-14-3-1-4-15(13-14)26(23,24)21-10-8-20(9-11-21)7-6-19-17(22)16-5-2-12-25-16/h1-5,12-13H,6-11H2,(H,19,22). The smallest absolute Gasteiger partial charge is 0.287 e. The molecule has 0 aliphatic carbocycles. The second-order valence-corrected chi connectivity index (χ2v) is 8.79. The Kier molecular flexibility index (Phi) is 6.13. The number of furan rings is 1. The first-order chi connectivity index (χ1) is 12.5. The van der Waals surface area contributed by atoms with Crippen LogP contribution in [0.4, 0.5) is 0 Å². The van der Waals surface area contributed by atoms with Gasteiger partial charge in [-0.25, -0.2) is 8.42 Å². The largest absolute Gasteiger partial charge is 0.459 e. The maximum atomic E-state index is 12.7. The molecule has 2 heterocycles. The van der Waals surface area contributed by atoms with Crippen molar-refractivity contribution in [2.24, 2.45) is 0 Å². The van der Waals surface area contributed by atoms with Crippen LogP contribution in [0.15, 0.2) is 56.4 Å². The first-order valence-corrected chi connectivity index (χ1v) is 10.5. The van der Waals surface area contributed by atoms with Gasteiger partial charge in [-0.05, 0) is 30.3 Å². The first kappa shape index (κ1) is 19.1. The number of hydrogen-bond acceptors (Lipinski definition) is 5. The normalized spacial score (nSPS) is 16.5. The van der Waals surface area contributed by atoms with Gasteiger partial charge in [0.05, 0.1) is 11.2 Å². The van der Waals surface area contributed by atoms with Gasteiger partial charge in [-0.2, -0.15) is 4.31 Å². The van der Waals surface area contributed by atoms with Gasteiger partial charge in [0.1, 0.15) is 0 Å². The molecule has 0 spiro atoms. The minimum absolute atomic E-state index is 0.245. The van der Waals surface area contributed by atoms with Crippen molar-refractivity contribution in [2.45, 2.75) is 4.90 Å². The van der Waals surface area contributed by atoms with Crippen LogP contribution >= 0.6 is 15.9 Å². The molecule has 0 radical (unpaired) electrons. The maximum Gasteiger partial charge on any atom is 0.287 e. The van der Waals surface area contributed by atoms with Gasteiger partial charge in [0.2, 0.25) is 10.0 Å². The van der Waals surface area contributed by atoms with E-state index in [9.17, 15) is 13.2 Å². The molecule has 26 heavy (non-hydrogen) atoms. The number of nitrogens with zero attached hydrogens (tertiary/aromatic N) is 2. The highest BCUT2D eigenvalue weighted by atomic mass is 79.9. The fourth-order valence-corrected chi connectivity index (χ4v) is 4.81. The van der Waals surface area contributed by atoms with Crippen LogP contribution in [0.2, 0.25) is 0 Å². The second-order valence-electron chi connectivity index (χ2n) is 5.94. The number of benzene rings is 1. The van der Waals surface area contributed by atoms with Crippen molar-refractivity contribution in [2.75, 3.05) is 39.3 Å².